The summed E-state index contributed by atoms with van der Waals surface area (Å²) < 4.78 is 12.4. The lowest BCUT2D eigenvalue weighted by atomic mass is 10.0. The normalized spacial score (nSPS) is 14.0. The van der Waals surface area contributed by atoms with E-state index in [-0.39, 0.29) is 6.04 Å². The van der Waals surface area contributed by atoms with Gasteiger partial charge in [-0.2, -0.15) is 0 Å². The van der Waals surface area contributed by atoms with Crippen LogP contribution in [0, 0.1) is 20.8 Å². The van der Waals surface area contributed by atoms with Gasteiger partial charge in [0.05, 0.1) is 10.8 Å². The zero-order valence-electron chi connectivity index (χ0n) is 12.2. The lowest BCUT2D eigenvalue weighted by Crippen LogP contribution is -2.19. The number of benzene rings is 2. The molecule has 0 heterocycles. The Balaban J connectivity index is 2.15. The van der Waals surface area contributed by atoms with Crippen LogP contribution in [0.25, 0.3) is 0 Å². The second kappa shape index (κ2) is 6.33. The molecule has 106 valence electrons. The standard InChI is InChI=1S/C17H21NOS/c1-12-8-9-15(10-14(12)3)20(19)11-17(18)16-7-5-4-6-13(16)2/h4-10,17H,11,18H2,1-3H3. The van der Waals surface area contributed by atoms with Gasteiger partial charge in [-0.3, -0.25) is 4.21 Å². The maximum atomic E-state index is 12.4. The molecule has 2 unspecified atom stereocenters. The molecular weight excluding hydrogens is 266 g/mol. The van der Waals surface area contributed by atoms with Crippen LogP contribution in [0.4, 0.5) is 0 Å². The molecule has 2 nitrogen and oxygen atoms in total. The van der Waals surface area contributed by atoms with E-state index in [2.05, 4.69) is 6.92 Å². The quantitative estimate of drug-likeness (QED) is 0.936. The smallest absolute Gasteiger partial charge is 0.0548 e. The highest BCUT2D eigenvalue weighted by atomic mass is 32.2. The Bertz CT molecular complexity index is 637. The molecule has 0 saturated carbocycles. The van der Waals surface area contributed by atoms with Crippen LogP contribution in [0.3, 0.4) is 0 Å². The Labute approximate surface area is 123 Å². The first kappa shape index (κ1) is 14.9. The SMILES string of the molecule is Cc1ccc(S(=O)CC(N)c2ccccc2C)cc1C. The van der Waals surface area contributed by atoms with Gasteiger partial charge in [-0.15, -0.1) is 0 Å². The number of aryl methyl sites for hydroxylation is 3. The fourth-order valence-corrected chi connectivity index (χ4v) is 3.43. The number of rotatable bonds is 4. The minimum atomic E-state index is -1.07. The summed E-state index contributed by atoms with van der Waals surface area (Å²) in [6.45, 7) is 6.13. The van der Waals surface area contributed by atoms with Crippen LogP contribution >= 0.6 is 0 Å². The van der Waals surface area contributed by atoms with Gasteiger partial charge in [0.15, 0.2) is 0 Å². The van der Waals surface area contributed by atoms with E-state index in [4.69, 9.17) is 5.73 Å². The molecule has 0 bridgehead atoms. The predicted octanol–water partition coefficient (Wildman–Crippen LogP) is 3.42. The molecule has 0 radical (unpaired) electrons. The highest BCUT2D eigenvalue weighted by molar-refractivity contribution is 7.85. The minimum Gasteiger partial charge on any atom is -0.323 e. The van der Waals surface area contributed by atoms with E-state index in [0.29, 0.717) is 5.75 Å². The van der Waals surface area contributed by atoms with Crippen molar-refractivity contribution in [3.63, 3.8) is 0 Å². The summed E-state index contributed by atoms with van der Waals surface area (Å²) in [5.74, 6) is 0.452. The molecule has 2 atom stereocenters. The van der Waals surface area contributed by atoms with Gasteiger partial charge in [0, 0.05) is 16.7 Å². The molecule has 3 heteroatoms. The van der Waals surface area contributed by atoms with E-state index in [9.17, 15) is 4.21 Å². The van der Waals surface area contributed by atoms with Crippen LogP contribution in [0.2, 0.25) is 0 Å². The van der Waals surface area contributed by atoms with Gasteiger partial charge in [-0.25, -0.2) is 0 Å². The van der Waals surface area contributed by atoms with Crippen LogP contribution in [-0.4, -0.2) is 9.96 Å². The molecule has 0 aliphatic heterocycles. The number of hydrogen-bond acceptors (Lipinski definition) is 2. The first-order chi connectivity index (χ1) is 9.49. The van der Waals surface area contributed by atoms with Crippen molar-refractivity contribution >= 4 is 10.8 Å². The molecule has 2 rings (SSSR count). The predicted molar refractivity (Wildman–Crippen MR) is 85.3 cm³/mol. The Morgan fingerprint density at radius 2 is 1.70 bits per heavy atom. The Hall–Kier alpha value is -1.45. The monoisotopic (exact) mass is 287 g/mol. The summed E-state index contributed by atoms with van der Waals surface area (Å²) in [6.07, 6.45) is 0. The van der Waals surface area contributed by atoms with Gasteiger partial charge in [-0.05, 0) is 55.2 Å². The molecule has 0 fully saturated rings. The van der Waals surface area contributed by atoms with Crippen LogP contribution in [0.1, 0.15) is 28.3 Å². The van der Waals surface area contributed by atoms with Crippen LogP contribution in [0.15, 0.2) is 47.4 Å². The molecule has 20 heavy (non-hydrogen) atoms. The lowest BCUT2D eigenvalue weighted by molar-refractivity contribution is 0.675. The zero-order valence-corrected chi connectivity index (χ0v) is 13.0. The van der Waals surface area contributed by atoms with Gasteiger partial charge in [-0.1, -0.05) is 30.3 Å². The molecule has 0 saturated heterocycles. The third kappa shape index (κ3) is 3.35. The highest BCUT2D eigenvalue weighted by Crippen LogP contribution is 2.20. The second-order valence-corrected chi connectivity index (χ2v) is 6.72. The average molecular weight is 287 g/mol. The summed E-state index contributed by atoms with van der Waals surface area (Å²) in [5, 5.41) is 0. The van der Waals surface area contributed by atoms with E-state index in [1.54, 1.807) is 0 Å². The molecule has 0 amide bonds. The van der Waals surface area contributed by atoms with Crippen molar-refractivity contribution in [2.75, 3.05) is 5.75 Å². The number of nitrogens with two attached hydrogens (primary N) is 1. The van der Waals surface area contributed by atoms with Crippen molar-refractivity contribution in [2.24, 2.45) is 5.73 Å². The van der Waals surface area contributed by atoms with Gasteiger partial charge in [0.25, 0.3) is 0 Å². The topological polar surface area (TPSA) is 43.1 Å². The first-order valence-corrected chi connectivity index (χ1v) is 8.07. The maximum Gasteiger partial charge on any atom is 0.0548 e. The maximum absolute atomic E-state index is 12.4. The largest absolute Gasteiger partial charge is 0.323 e. The number of hydrogen-bond donors (Lipinski definition) is 1. The van der Waals surface area contributed by atoms with Crippen LogP contribution in [0.5, 0.6) is 0 Å². The first-order valence-electron chi connectivity index (χ1n) is 6.76. The summed E-state index contributed by atoms with van der Waals surface area (Å²) in [6, 6.07) is 13.8. The summed E-state index contributed by atoms with van der Waals surface area (Å²) >= 11 is 0. The minimum absolute atomic E-state index is 0.196. The van der Waals surface area contributed by atoms with Crippen molar-refractivity contribution in [1.82, 2.24) is 0 Å². The molecule has 2 aromatic rings. The molecule has 2 N–H and O–H groups in total. The molecule has 0 aliphatic rings. The van der Waals surface area contributed by atoms with E-state index in [1.807, 2.05) is 56.3 Å². The highest BCUT2D eigenvalue weighted by Gasteiger charge is 2.14. The van der Waals surface area contributed by atoms with Gasteiger partial charge >= 0.3 is 0 Å². The fraction of sp³-hybridized carbons (Fsp3) is 0.294. The van der Waals surface area contributed by atoms with Crippen molar-refractivity contribution in [3.8, 4) is 0 Å². The average Bonchev–Trinajstić information content (AvgIpc) is 2.42. The zero-order chi connectivity index (χ0) is 14.7. The molecule has 0 aliphatic carbocycles. The Kier molecular flexibility index (Phi) is 4.73. The van der Waals surface area contributed by atoms with Gasteiger partial charge in [0.1, 0.15) is 0 Å². The third-order valence-electron chi connectivity index (χ3n) is 3.66. The Morgan fingerprint density at radius 3 is 2.35 bits per heavy atom. The van der Waals surface area contributed by atoms with E-state index in [0.717, 1.165) is 16.0 Å². The van der Waals surface area contributed by atoms with Crippen molar-refractivity contribution < 1.29 is 4.21 Å². The van der Waals surface area contributed by atoms with E-state index >= 15 is 0 Å². The third-order valence-corrected chi connectivity index (χ3v) is 5.10. The van der Waals surface area contributed by atoms with Crippen molar-refractivity contribution in [2.45, 2.75) is 31.7 Å². The fourth-order valence-electron chi connectivity index (χ4n) is 2.21. The summed E-state index contributed by atoms with van der Waals surface area (Å²) in [4.78, 5) is 0.858. The van der Waals surface area contributed by atoms with Crippen molar-refractivity contribution in [1.29, 1.82) is 0 Å². The summed E-state index contributed by atoms with van der Waals surface area (Å²) in [7, 11) is -1.07. The van der Waals surface area contributed by atoms with Gasteiger partial charge < -0.3 is 5.73 Å². The van der Waals surface area contributed by atoms with Crippen molar-refractivity contribution in [3.05, 3.63) is 64.7 Å². The van der Waals surface area contributed by atoms with E-state index in [1.165, 1.54) is 11.1 Å². The molecule has 0 spiro atoms. The summed E-state index contributed by atoms with van der Waals surface area (Å²) in [5.41, 5.74) is 10.8. The van der Waals surface area contributed by atoms with Gasteiger partial charge in [0.2, 0.25) is 0 Å². The molecule has 0 aromatic heterocycles. The van der Waals surface area contributed by atoms with Crippen LogP contribution in [-0.2, 0) is 10.8 Å². The Morgan fingerprint density at radius 1 is 1.00 bits per heavy atom. The van der Waals surface area contributed by atoms with E-state index < -0.39 is 10.8 Å². The molecular formula is C17H21NOS. The second-order valence-electron chi connectivity index (χ2n) is 5.22. The molecule has 2 aromatic carbocycles. The lowest BCUT2D eigenvalue weighted by Gasteiger charge is -2.14. The van der Waals surface area contributed by atoms with Crippen LogP contribution < -0.4 is 5.73 Å².